The van der Waals surface area contributed by atoms with Crippen molar-refractivity contribution in [2.24, 2.45) is 0 Å². The maximum Gasteiger partial charge on any atom is 0.150 e. The molecule has 0 bridgehead atoms. The number of halogens is 2. The first-order chi connectivity index (χ1) is 7.69. The van der Waals surface area contributed by atoms with Gasteiger partial charge in [-0.15, -0.1) is 0 Å². The molecule has 0 aliphatic rings. The Bertz CT molecular complexity index is 518. The van der Waals surface area contributed by atoms with Gasteiger partial charge in [0.25, 0.3) is 0 Å². The highest BCUT2D eigenvalue weighted by atomic mass is 19.1. The molecule has 0 heterocycles. The minimum atomic E-state index is -0.482. The molecule has 0 spiro atoms. The van der Waals surface area contributed by atoms with Gasteiger partial charge < -0.3 is 0 Å². The fourth-order valence-corrected chi connectivity index (χ4v) is 1.49. The summed E-state index contributed by atoms with van der Waals surface area (Å²) in [7, 11) is 0. The molecule has 0 atom stereocenters. The lowest BCUT2D eigenvalue weighted by Crippen LogP contribution is -1.86. The van der Waals surface area contributed by atoms with E-state index in [4.69, 9.17) is 0 Å². The second kappa shape index (κ2) is 4.23. The Morgan fingerprint density at radius 2 is 1.50 bits per heavy atom. The van der Waals surface area contributed by atoms with Gasteiger partial charge in [-0.3, -0.25) is 4.79 Å². The maximum atomic E-state index is 13.1. The highest BCUT2D eigenvalue weighted by Crippen LogP contribution is 2.21. The van der Waals surface area contributed by atoms with Gasteiger partial charge in [-0.05, 0) is 41.5 Å². The molecule has 0 aliphatic heterocycles. The van der Waals surface area contributed by atoms with Gasteiger partial charge in [0, 0.05) is 5.56 Å². The standard InChI is InChI=1S/C13H8F2O/c14-12-3-1-10(2-4-12)11-5-9(8-16)6-13(15)7-11/h1-8H. The zero-order chi connectivity index (χ0) is 11.5. The molecule has 0 saturated heterocycles. The summed E-state index contributed by atoms with van der Waals surface area (Å²) in [6, 6.07) is 9.68. The first kappa shape index (κ1) is 10.5. The highest BCUT2D eigenvalue weighted by molar-refractivity contribution is 5.78. The van der Waals surface area contributed by atoms with Gasteiger partial charge in [0.1, 0.15) is 17.9 Å². The van der Waals surface area contributed by atoms with Crippen LogP contribution < -0.4 is 0 Å². The summed E-state index contributed by atoms with van der Waals surface area (Å²) in [6.07, 6.45) is 0.579. The molecule has 0 N–H and O–H groups in total. The Morgan fingerprint density at radius 3 is 2.12 bits per heavy atom. The maximum absolute atomic E-state index is 13.1. The van der Waals surface area contributed by atoms with Crippen LogP contribution in [0.25, 0.3) is 11.1 Å². The van der Waals surface area contributed by atoms with Crippen LogP contribution in [0, 0.1) is 11.6 Å². The van der Waals surface area contributed by atoms with E-state index in [1.807, 2.05) is 0 Å². The first-order valence-electron chi connectivity index (χ1n) is 4.71. The van der Waals surface area contributed by atoms with E-state index in [0.717, 1.165) is 6.07 Å². The first-order valence-corrected chi connectivity index (χ1v) is 4.71. The average Bonchev–Trinajstić information content (AvgIpc) is 2.29. The van der Waals surface area contributed by atoms with E-state index in [1.54, 1.807) is 18.2 Å². The fourth-order valence-electron chi connectivity index (χ4n) is 1.49. The van der Waals surface area contributed by atoms with Gasteiger partial charge in [0.2, 0.25) is 0 Å². The lowest BCUT2D eigenvalue weighted by molar-refractivity contribution is 0.112. The van der Waals surface area contributed by atoms with Crippen LogP contribution in [-0.2, 0) is 0 Å². The average molecular weight is 218 g/mol. The van der Waals surface area contributed by atoms with Gasteiger partial charge in [0.15, 0.2) is 0 Å². The number of carbonyl (C=O) groups is 1. The summed E-state index contributed by atoms with van der Waals surface area (Å²) >= 11 is 0. The van der Waals surface area contributed by atoms with Crippen molar-refractivity contribution in [1.82, 2.24) is 0 Å². The van der Waals surface area contributed by atoms with E-state index < -0.39 is 5.82 Å². The Labute approximate surface area is 91.3 Å². The predicted octanol–water partition coefficient (Wildman–Crippen LogP) is 3.44. The molecule has 0 aromatic heterocycles. The van der Waals surface area contributed by atoms with Crippen molar-refractivity contribution in [2.45, 2.75) is 0 Å². The number of benzene rings is 2. The molecule has 0 saturated carbocycles. The van der Waals surface area contributed by atoms with Crippen molar-refractivity contribution in [3.8, 4) is 11.1 Å². The highest BCUT2D eigenvalue weighted by Gasteiger charge is 2.03. The summed E-state index contributed by atoms with van der Waals surface area (Å²) in [5.74, 6) is -0.834. The van der Waals surface area contributed by atoms with Crippen LogP contribution in [0.5, 0.6) is 0 Å². The van der Waals surface area contributed by atoms with Crippen molar-refractivity contribution in [3.63, 3.8) is 0 Å². The van der Waals surface area contributed by atoms with Crippen molar-refractivity contribution < 1.29 is 13.6 Å². The van der Waals surface area contributed by atoms with Gasteiger partial charge in [-0.2, -0.15) is 0 Å². The van der Waals surface area contributed by atoms with Crippen LogP contribution in [0.15, 0.2) is 42.5 Å². The molecule has 0 amide bonds. The predicted molar refractivity (Wildman–Crippen MR) is 57.2 cm³/mol. The summed E-state index contributed by atoms with van der Waals surface area (Å²) in [4.78, 5) is 10.6. The summed E-state index contributed by atoms with van der Waals surface area (Å²) in [5, 5.41) is 0. The summed E-state index contributed by atoms with van der Waals surface area (Å²) in [6.45, 7) is 0. The van der Waals surface area contributed by atoms with Crippen LogP contribution in [0.4, 0.5) is 8.78 Å². The second-order valence-corrected chi connectivity index (χ2v) is 3.40. The third-order valence-electron chi connectivity index (χ3n) is 2.23. The molecule has 1 nitrogen and oxygen atoms in total. The Morgan fingerprint density at radius 1 is 0.812 bits per heavy atom. The minimum absolute atomic E-state index is 0.263. The zero-order valence-corrected chi connectivity index (χ0v) is 8.28. The summed E-state index contributed by atoms with van der Waals surface area (Å²) < 4.78 is 25.8. The van der Waals surface area contributed by atoms with Gasteiger partial charge in [-0.1, -0.05) is 12.1 Å². The molecule has 0 unspecified atom stereocenters. The normalized spacial score (nSPS) is 10.1. The second-order valence-electron chi connectivity index (χ2n) is 3.40. The molecular weight excluding hydrogens is 210 g/mol. The number of hydrogen-bond donors (Lipinski definition) is 0. The molecule has 2 aromatic rings. The Hall–Kier alpha value is -2.03. The van der Waals surface area contributed by atoms with Crippen LogP contribution >= 0.6 is 0 Å². The van der Waals surface area contributed by atoms with Crippen molar-refractivity contribution in [2.75, 3.05) is 0 Å². The summed E-state index contributed by atoms with van der Waals surface area (Å²) in [5.41, 5.74) is 1.49. The van der Waals surface area contributed by atoms with E-state index in [9.17, 15) is 13.6 Å². The van der Waals surface area contributed by atoms with Crippen LogP contribution in [-0.4, -0.2) is 6.29 Å². The SMILES string of the molecule is O=Cc1cc(F)cc(-c2ccc(F)cc2)c1. The fraction of sp³-hybridized carbons (Fsp3) is 0. The van der Waals surface area contributed by atoms with Crippen molar-refractivity contribution >= 4 is 6.29 Å². The van der Waals surface area contributed by atoms with E-state index in [1.165, 1.54) is 18.2 Å². The topological polar surface area (TPSA) is 17.1 Å². The Balaban J connectivity index is 2.51. The third-order valence-corrected chi connectivity index (χ3v) is 2.23. The lowest BCUT2D eigenvalue weighted by atomic mass is 10.0. The molecular formula is C13H8F2O. The number of hydrogen-bond acceptors (Lipinski definition) is 1. The zero-order valence-electron chi connectivity index (χ0n) is 8.28. The molecule has 2 aromatic carbocycles. The monoisotopic (exact) mass is 218 g/mol. The molecule has 0 fully saturated rings. The van der Waals surface area contributed by atoms with Gasteiger partial charge in [-0.25, -0.2) is 8.78 Å². The number of carbonyl (C=O) groups excluding carboxylic acids is 1. The van der Waals surface area contributed by atoms with Gasteiger partial charge >= 0.3 is 0 Å². The molecule has 0 radical (unpaired) electrons. The van der Waals surface area contributed by atoms with Crippen LogP contribution in [0.1, 0.15) is 10.4 Å². The molecule has 80 valence electrons. The smallest absolute Gasteiger partial charge is 0.150 e. The lowest BCUT2D eigenvalue weighted by Gasteiger charge is -2.03. The van der Waals surface area contributed by atoms with Crippen molar-refractivity contribution in [1.29, 1.82) is 0 Å². The molecule has 3 heteroatoms. The molecule has 2 rings (SSSR count). The van der Waals surface area contributed by atoms with Crippen LogP contribution in [0.3, 0.4) is 0 Å². The third kappa shape index (κ3) is 2.14. The molecule has 0 aliphatic carbocycles. The van der Waals surface area contributed by atoms with E-state index in [2.05, 4.69) is 0 Å². The van der Waals surface area contributed by atoms with Crippen molar-refractivity contribution in [3.05, 3.63) is 59.7 Å². The van der Waals surface area contributed by atoms with E-state index in [0.29, 0.717) is 17.4 Å². The van der Waals surface area contributed by atoms with E-state index >= 15 is 0 Å². The number of aldehydes is 1. The quantitative estimate of drug-likeness (QED) is 0.705. The van der Waals surface area contributed by atoms with Crippen LogP contribution in [0.2, 0.25) is 0 Å². The van der Waals surface area contributed by atoms with E-state index in [-0.39, 0.29) is 11.4 Å². The molecule has 16 heavy (non-hydrogen) atoms. The Kier molecular flexibility index (Phi) is 2.77. The largest absolute Gasteiger partial charge is 0.298 e. The van der Waals surface area contributed by atoms with Gasteiger partial charge in [0.05, 0.1) is 0 Å². The minimum Gasteiger partial charge on any atom is -0.298 e. The number of rotatable bonds is 2.